The minimum atomic E-state index is -1.07. The Morgan fingerprint density at radius 1 is 1.23 bits per heavy atom. The van der Waals surface area contributed by atoms with Gasteiger partial charge in [0, 0.05) is 11.6 Å². The molecule has 1 aromatic heterocycles. The van der Waals surface area contributed by atoms with Crippen LogP contribution in [0.25, 0.3) is 0 Å². The summed E-state index contributed by atoms with van der Waals surface area (Å²) in [5.74, 6) is -1.07. The van der Waals surface area contributed by atoms with Crippen LogP contribution in [0.2, 0.25) is 10.2 Å². The number of carbonyl (C=O) groups is 1. The molecule has 0 radical (unpaired) electrons. The van der Waals surface area contributed by atoms with Crippen LogP contribution >= 0.6 is 23.2 Å². The SMILES string of the molecule is O=C(O)C=CC(=NNc1cnnc(Cl)c1Cl)c1ccccc1. The first-order valence-electron chi connectivity index (χ1n) is 6.04. The molecule has 0 aliphatic carbocycles. The van der Waals surface area contributed by atoms with Crippen molar-refractivity contribution in [3.63, 3.8) is 0 Å². The number of aliphatic carboxylic acids is 1. The highest BCUT2D eigenvalue weighted by Gasteiger charge is 2.06. The topological polar surface area (TPSA) is 87.5 Å². The van der Waals surface area contributed by atoms with E-state index < -0.39 is 5.97 Å². The minimum absolute atomic E-state index is 0.0456. The normalized spacial score (nSPS) is 11.6. The molecule has 0 aliphatic rings. The molecule has 0 fully saturated rings. The average Bonchev–Trinajstić information content (AvgIpc) is 2.52. The highest BCUT2D eigenvalue weighted by Crippen LogP contribution is 2.26. The van der Waals surface area contributed by atoms with E-state index in [1.54, 1.807) is 12.1 Å². The summed E-state index contributed by atoms with van der Waals surface area (Å²) in [6, 6.07) is 9.08. The molecule has 2 N–H and O–H groups in total. The number of hydrazone groups is 1. The Hall–Kier alpha value is -2.44. The van der Waals surface area contributed by atoms with Crippen molar-refractivity contribution >= 4 is 40.6 Å². The number of allylic oxidation sites excluding steroid dienone is 1. The molecule has 1 aromatic carbocycles. The molecule has 0 spiro atoms. The maximum Gasteiger partial charge on any atom is 0.328 e. The van der Waals surface area contributed by atoms with Gasteiger partial charge in [0.25, 0.3) is 0 Å². The largest absolute Gasteiger partial charge is 0.478 e. The Balaban J connectivity index is 2.32. The van der Waals surface area contributed by atoms with E-state index in [4.69, 9.17) is 28.3 Å². The van der Waals surface area contributed by atoms with Crippen LogP contribution in [0, 0.1) is 0 Å². The first kappa shape index (κ1) is 15.9. The molecule has 6 nitrogen and oxygen atoms in total. The monoisotopic (exact) mass is 336 g/mol. The Morgan fingerprint density at radius 3 is 2.64 bits per heavy atom. The Labute approximate surface area is 136 Å². The third-order valence-electron chi connectivity index (χ3n) is 2.50. The summed E-state index contributed by atoms with van der Waals surface area (Å²) >= 11 is 11.7. The van der Waals surface area contributed by atoms with Gasteiger partial charge in [0.2, 0.25) is 0 Å². The molecule has 0 unspecified atom stereocenters. The van der Waals surface area contributed by atoms with E-state index in [2.05, 4.69) is 20.7 Å². The number of aromatic nitrogens is 2. The predicted molar refractivity (Wildman–Crippen MR) is 85.4 cm³/mol. The Kier molecular flexibility index (Phi) is 5.46. The van der Waals surface area contributed by atoms with Crippen LogP contribution in [0.1, 0.15) is 5.56 Å². The van der Waals surface area contributed by atoms with Crippen LogP contribution in [0.5, 0.6) is 0 Å². The van der Waals surface area contributed by atoms with E-state index in [0.29, 0.717) is 11.4 Å². The standard InChI is InChI=1S/C14H10Cl2N4O2/c15-13-11(8-17-20-14(13)16)19-18-10(6-7-12(21)22)9-4-2-1-3-5-9/h1-8H,(H,19,20)(H,21,22). The summed E-state index contributed by atoms with van der Waals surface area (Å²) in [5, 5.41) is 20.4. The molecule has 0 atom stereocenters. The van der Waals surface area contributed by atoms with Crippen molar-refractivity contribution in [3.05, 3.63) is 64.4 Å². The molecule has 2 rings (SSSR count). The number of hydrogen-bond donors (Lipinski definition) is 2. The van der Waals surface area contributed by atoms with Crippen molar-refractivity contribution in [3.8, 4) is 0 Å². The third-order valence-corrected chi connectivity index (χ3v) is 3.24. The number of nitrogens with zero attached hydrogens (tertiary/aromatic N) is 3. The van der Waals surface area contributed by atoms with Crippen LogP contribution in [0.3, 0.4) is 0 Å². The molecule has 22 heavy (non-hydrogen) atoms. The number of carboxylic acid groups (broad SMARTS) is 1. The number of benzene rings is 1. The van der Waals surface area contributed by atoms with E-state index in [0.717, 1.165) is 11.6 Å². The first-order chi connectivity index (χ1) is 10.6. The average molecular weight is 337 g/mol. The summed E-state index contributed by atoms with van der Waals surface area (Å²) in [6.45, 7) is 0. The van der Waals surface area contributed by atoms with Gasteiger partial charge in [-0.15, -0.1) is 5.10 Å². The van der Waals surface area contributed by atoms with E-state index in [9.17, 15) is 4.79 Å². The fraction of sp³-hybridized carbons (Fsp3) is 0. The molecule has 0 aliphatic heterocycles. The lowest BCUT2D eigenvalue weighted by Crippen LogP contribution is -2.03. The number of halogens is 2. The van der Waals surface area contributed by atoms with Crippen molar-refractivity contribution in [2.75, 3.05) is 5.43 Å². The predicted octanol–water partition coefficient (Wildman–Crippen LogP) is 3.24. The van der Waals surface area contributed by atoms with Crippen LogP contribution in [-0.4, -0.2) is 27.0 Å². The summed E-state index contributed by atoms with van der Waals surface area (Å²) in [4.78, 5) is 10.7. The molecule has 112 valence electrons. The van der Waals surface area contributed by atoms with Crippen LogP contribution in [0.15, 0.2) is 53.8 Å². The van der Waals surface area contributed by atoms with E-state index in [1.165, 1.54) is 12.3 Å². The van der Waals surface area contributed by atoms with Crippen molar-refractivity contribution in [1.29, 1.82) is 0 Å². The number of nitrogens with one attached hydrogen (secondary N) is 1. The molecule has 8 heteroatoms. The smallest absolute Gasteiger partial charge is 0.328 e. The zero-order chi connectivity index (χ0) is 15.9. The number of anilines is 1. The fourth-order valence-corrected chi connectivity index (χ4v) is 1.78. The van der Waals surface area contributed by atoms with E-state index >= 15 is 0 Å². The maximum absolute atomic E-state index is 10.7. The third kappa shape index (κ3) is 4.28. The highest BCUT2D eigenvalue weighted by atomic mass is 35.5. The minimum Gasteiger partial charge on any atom is -0.478 e. The maximum atomic E-state index is 10.7. The van der Waals surface area contributed by atoms with Crippen LogP contribution in [0.4, 0.5) is 5.69 Å². The van der Waals surface area contributed by atoms with Crippen molar-refractivity contribution in [2.45, 2.75) is 0 Å². The van der Waals surface area contributed by atoms with E-state index in [-0.39, 0.29) is 10.2 Å². The van der Waals surface area contributed by atoms with Gasteiger partial charge >= 0.3 is 5.97 Å². The lowest BCUT2D eigenvalue weighted by Gasteiger charge is -2.05. The van der Waals surface area contributed by atoms with Gasteiger partial charge < -0.3 is 5.11 Å². The number of hydrogen-bond acceptors (Lipinski definition) is 5. The first-order valence-corrected chi connectivity index (χ1v) is 6.80. The van der Waals surface area contributed by atoms with Gasteiger partial charge in [-0.2, -0.15) is 10.2 Å². The zero-order valence-electron chi connectivity index (χ0n) is 11.1. The van der Waals surface area contributed by atoms with Crippen LogP contribution in [-0.2, 0) is 4.79 Å². The zero-order valence-corrected chi connectivity index (χ0v) is 12.6. The van der Waals surface area contributed by atoms with Gasteiger partial charge in [0.1, 0.15) is 5.02 Å². The summed E-state index contributed by atoms with van der Waals surface area (Å²) in [7, 11) is 0. The second-order valence-corrected chi connectivity index (χ2v) is 4.75. The molecule has 2 aromatic rings. The lowest BCUT2D eigenvalue weighted by atomic mass is 10.1. The second kappa shape index (κ2) is 7.53. The molecule has 0 bridgehead atoms. The van der Waals surface area contributed by atoms with Gasteiger partial charge in [0.05, 0.1) is 17.6 Å². The van der Waals surface area contributed by atoms with Crippen molar-refractivity contribution in [1.82, 2.24) is 10.2 Å². The van der Waals surface area contributed by atoms with Crippen molar-refractivity contribution < 1.29 is 9.90 Å². The summed E-state index contributed by atoms with van der Waals surface area (Å²) < 4.78 is 0. The quantitative estimate of drug-likeness (QED) is 0.497. The molecular weight excluding hydrogens is 327 g/mol. The Morgan fingerprint density at radius 2 is 1.95 bits per heavy atom. The molecule has 0 amide bonds. The lowest BCUT2D eigenvalue weighted by molar-refractivity contribution is -0.131. The molecule has 1 heterocycles. The fourth-order valence-electron chi connectivity index (χ4n) is 1.50. The summed E-state index contributed by atoms with van der Waals surface area (Å²) in [5.41, 5.74) is 4.20. The van der Waals surface area contributed by atoms with Gasteiger partial charge in [-0.05, 0) is 6.08 Å². The van der Waals surface area contributed by atoms with Crippen molar-refractivity contribution in [2.24, 2.45) is 5.10 Å². The van der Waals surface area contributed by atoms with Crippen LogP contribution < -0.4 is 5.43 Å². The van der Waals surface area contributed by atoms with Gasteiger partial charge in [-0.3, -0.25) is 5.43 Å². The molecule has 0 saturated carbocycles. The van der Waals surface area contributed by atoms with Gasteiger partial charge in [-0.1, -0.05) is 53.5 Å². The molecule has 0 saturated heterocycles. The molecular formula is C14H10Cl2N4O2. The highest BCUT2D eigenvalue weighted by molar-refractivity contribution is 6.42. The summed E-state index contributed by atoms with van der Waals surface area (Å²) in [6.07, 6.45) is 3.73. The van der Waals surface area contributed by atoms with Gasteiger partial charge in [0.15, 0.2) is 5.15 Å². The van der Waals surface area contributed by atoms with Gasteiger partial charge in [-0.25, -0.2) is 4.79 Å². The number of rotatable bonds is 5. The number of carboxylic acids is 1. The van der Waals surface area contributed by atoms with E-state index in [1.807, 2.05) is 18.2 Å². The second-order valence-electron chi connectivity index (χ2n) is 4.01. The Bertz CT molecular complexity index is 733.